The molecule has 0 aliphatic carbocycles. The van der Waals surface area contributed by atoms with E-state index < -0.39 is 0 Å². The minimum Gasteiger partial charge on any atom is -0.464 e. The summed E-state index contributed by atoms with van der Waals surface area (Å²) in [6.45, 7) is 2.94. The minimum absolute atomic E-state index is 0.213. The van der Waals surface area contributed by atoms with Crippen LogP contribution in [-0.2, 0) is 9.53 Å². The Balaban J connectivity index is 2.20. The number of ether oxygens (including phenoxy) is 1. The number of esters is 1. The molecule has 1 aliphatic heterocycles. The van der Waals surface area contributed by atoms with Gasteiger partial charge in [-0.1, -0.05) is 0 Å². The lowest BCUT2D eigenvalue weighted by atomic mass is 10.2. The first kappa shape index (κ1) is 11.6. The second-order valence-electron chi connectivity index (χ2n) is 3.87. The van der Waals surface area contributed by atoms with Crippen LogP contribution >= 0.6 is 0 Å². The van der Waals surface area contributed by atoms with E-state index in [9.17, 15) is 4.79 Å². The van der Waals surface area contributed by atoms with Gasteiger partial charge in [0.25, 0.3) is 0 Å². The Morgan fingerprint density at radius 1 is 1.59 bits per heavy atom. The van der Waals surface area contributed by atoms with Gasteiger partial charge >= 0.3 is 5.97 Å². The van der Waals surface area contributed by atoms with Crippen molar-refractivity contribution in [3.05, 3.63) is 12.4 Å². The smallest absolute Gasteiger partial charge is 0.328 e. The molecule has 0 spiro atoms. The first-order valence-electron chi connectivity index (χ1n) is 5.73. The number of nitrogens with zero attached hydrogens (tertiary/aromatic N) is 3. The highest BCUT2D eigenvalue weighted by Crippen LogP contribution is 2.27. The van der Waals surface area contributed by atoms with Gasteiger partial charge in [0.05, 0.1) is 6.61 Å². The Kier molecular flexibility index (Phi) is 3.41. The summed E-state index contributed by atoms with van der Waals surface area (Å²) in [6, 6.07) is -0.283. The summed E-state index contributed by atoms with van der Waals surface area (Å²) in [5.41, 5.74) is 5.77. The van der Waals surface area contributed by atoms with E-state index in [4.69, 9.17) is 10.5 Å². The lowest BCUT2D eigenvalue weighted by Gasteiger charge is -2.24. The lowest BCUT2D eigenvalue weighted by Crippen LogP contribution is -2.38. The Morgan fingerprint density at radius 2 is 2.35 bits per heavy atom. The standard InChI is InChI=1S/C11H16N4O2/c1-2-17-11(16)8-4-3-7-15(8)10-9(12)13-5-6-14-10/h5-6,8H,2-4,7H2,1H3,(H2,12,13). The van der Waals surface area contributed by atoms with E-state index in [1.807, 2.05) is 4.90 Å². The van der Waals surface area contributed by atoms with Crippen molar-refractivity contribution in [1.29, 1.82) is 0 Å². The van der Waals surface area contributed by atoms with E-state index >= 15 is 0 Å². The first-order valence-corrected chi connectivity index (χ1v) is 5.73. The van der Waals surface area contributed by atoms with Gasteiger partial charge in [-0.3, -0.25) is 0 Å². The fraction of sp³-hybridized carbons (Fsp3) is 0.545. The molecule has 0 bridgehead atoms. The molecule has 6 heteroatoms. The van der Waals surface area contributed by atoms with Crippen LogP contribution in [0.3, 0.4) is 0 Å². The summed E-state index contributed by atoms with van der Waals surface area (Å²) in [6.07, 6.45) is 4.81. The van der Waals surface area contributed by atoms with Crippen molar-refractivity contribution < 1.29 is 9.53 Å². The molecule has 2 heterocycles. The molecule has 0 amide bonds. The van der Waals surface area contributed by atoms with Crippen molar-refractivity contribution in [2.45, 2.75) is 25.8 Å². The van der Waals surface area contributed by atoms with E-state index in [-0.39, 0.29) is 12.0 Å². The molecule has 1 atom stereocenters. The van der Waals surface area contributed by atoms with Gasteiger partial charge in [-0.25, -0.2) is 14.8 Å². The number of carbonyl (C=O) groups is 1. The van der Waals surface area contributed by atoms with E-state index in [0.29, 0.717) is 18.2 Å². The molecule has 17 heavy (non-hydrogen) atoms. The normalized spacial score (nSPS) is 19.4. The molecule has 1 fully saturated rings. The third-order valence-electron chi connectivity index (χ3n) is 2.79. The molecule has 1 saturated heterocycles. The maximum atomic E-state index is 11.8. The number of hydrogen-bond donors (Lipinski definition) is 1. The van der Waals surface area contributed by atoms with Crippen molar-refractivity contribution in [3.8, 4) is 0 Å². The summed E-state index contributed by atoms with van der Waals surface area (Å²) in [7, 11) is 0. The number of aromatic nitrogens is 2. The first-order chi connectivity index (χ1) is 8.24. The summed E-state index contributed by atoms with van der Waals surface area (Å²) in [5.74, 6) is 0.710. The van der Waals surface area contributed by atoms with Crippen LogP contribution in [0.2, 0.25) is 0 Å². The highest BCUT2D eigenvalue weighted by molar-refractivity contribution is 5.81. The van der Waals surface area contributed by atoms with Crippen molar-refractivity contribution in [2.75, 3.05) is 23.8 Å². The van der Waals surface area contributed by atoms with Gasteiger partial charge in [-0.2, -0.15) is 0 Å². The number of anilines is 2. The van der Waals surface area contributed by atoms with E-state index in [2.05, 4.69) is 9.97 Å². The fourth-order valence-corrected chi connectivity index (χ4v) is 2.07. The van der Waals surface area contributed by atoms with Gasteiger partial charge in [0.15, 0.2) is 11.6 Å². The van der Waals surface area contributed by atoms with Crippen molar-refractivity contribution in [2.24, 2.45) is 0 Å². The number of rotatable bonds is 3. The van der Waals surface area contributed by atoms with Crippen LogP contribution in [-0.4, -0.2) is 35.1 Å². The van der Waals surface area contributed by atoms with Crippen molar-refractivity contribution in [3.63, 3.8) is 0 Å². The minimum atomic E-state index is -0.283. The topological polar surface area (TPSA) is 81.3 Å². The Hall–Kier alpha value is -1.85. The van der Waals surface area contributed by atoms with Crippen LogP contribution in [0.4, 0.5) is 11.6 Å². The van der Waals surface area contributed by atoms with Gasteiger partial charge < -0.3 is 15.4 Å². The van der Waals surface area contributed by atoms with Crippen molar-refractivity contribution >= 4 is 17.6 Å². The maximum absolute atomic E-state index is 11.8. The highest BCUT2D eigenvalue weighted by Gasteiger charge is 2.33. The fourth-order valence-electron chi connectivity index (χ4n) is 2.07. The monoisotopic (exact) mass is 236 g/mol. The van der Waals surface area contributed by atoms with Crippen LogP contribution in [0, 0.1) is 0 Å². The van der Waals surface area contributed by atoms with Crippen molar-refractivity contribution in [1.82, 2.24) is 9.97 Å². The molecule has 1 aromatic rings. The second-order valence-corrected chi connectivity index (χ2v) is 3.87. The number of nitrogen functional groups attached to an aromatic ring is 1. The highest BCUT2D eigenvalue weighted by atomic mass is 16.5. The van der Waals surface area contributed by atoms with E-state index in [1.54, 1.807) is 13.1 Å². The molecule has 0 radical (unpaired) electrons. The number of nitrogens with two attached hydrogens (primary N) is 1. The quantitative estimate of drug-likeness (QED) is 0.773. The van der Waals surface area contributed by atoms with E-state index in [1.165, 1.54) is 6.20 Å². The molecule has 2 rings (SSSR count). The van der Waals surface area contributed by atoms with E-state index in [0.717, 1.165) is 19.4 Å². The molecule has 0 aromatic carbocycles. The predicted molar refractivity (Wildman–Crippen MR) is 63.4 cm³/mol. The Morgan fingerprint density at radius 3 is 3.06 bits per heavy atom. The largest absolute Gasteiger partial charge is 0.464 e. The lowest BCUT2D eigenvalue weighted by molar-refractivity contribution is -0.144. The molecule has 92 valence electrons. The average molecular weight is 236 g/mol. The number of carbonyl (C=O) groups excluding carboxylic acids is 1. The maximum Gasteiger partial charge on any atom is 0.328 e. The van der Waals surface area contributed by atoms with Crippen LogP contribution in [0.1, 0.15) is 19.8 Å². The molecular formula is C11H16N4O2. The molecule has 1 unspecified atom stereocenters. The van der Waals surface area contributed by atoms with Crippen LogP contribution in [0.5, 0.6) is 0 Å². The van der Waals surface area contributed by atoms with Gasteiger partial charge in [0.2, 0.25) is 0 Å². The summed E-state index contributed by atoms with van der Waals surface area (Å²) in [4.78, 5) is 21.8. The zero-order valence-corrected chi connectivity index (χ0v) is 9.80. The van der Waals surface area contributed by atoms with Crippen LogP contribution in [0.25, 0.3) is 0 Å². The molecule has 1 aromatic heterocycles. The van der Waals surface area contributed by atoms with Crippen LogP contribution in [0.15, 0.2) is 12.4 Å². The Bertz CT molecular complexity index is 410. The molecule has 6 nitrogen and oxygen atoms in total. The van der Waals surface area contributed by atoms with Gasteiger partial charge in [-0.15, -0.1) is 0 Å². The molecular weight excluding hydrogens is 220 g/mol. The SMILES string of the molecule is CCOC(=O)C1CCCN1c1nccnc1N. The van der Waals surface area contributed by atoms with Crippen LogP contribution < -0.4 is 10.6 Å². The van der Waals surface area contributed by atoms with Gasteiger partial charge in [0.1, 0.15) is 6.04 Å². The average Bonchev–Trinajstić information content (AvgIpc) is 2.79. The summed E-state index contributed by atoms with van der Waals surface area (Å²) >= 11 is 0. The third kappa shape index (κ3) is 2.30. The predicted octanol–water partition coefficient (Wildman–Crippen LogP) is 0.591. The zero-order valence-electron chi connectivity index (χ0n) is 9.80. The Labute approximate surface area is 99.8 Å². The van der Waals surface area contributed by atoms with Gasteiger partial charge in [-0.05, 0) is 19.8 Å². The third-order valence-corrected chi connectivity index (χ3v) is 2.79. The second kappa shape index (κ2) is 4.99. The molecule has 1 aliphatic rings. The molecule has 0 saturated carbocycles. The van der Waals surface area contributed by atoms with Gasteiger partial charge in [0, 0.05) is 18.9 Å². The number of hydrogen-bond acceptors (Lipinski definition) is 6. The molecule has 2 N–H and O–H groups in total. The summed E-state index contributed by atoms with van der Waals surface area (Å²) < 4.78 is 5.05. The summed E-state index contributed by atoms with van der Waals surface area (Å²) in [5, 5.41) is 0. The zero-order chi connectivity index (χ0) is 12.3.